The molecular weight excluding hydrogens is 186 g/mol. The molecule has 0 amide bonds. The zero-order valence-electron chi connectivity index (χ0n) is 8.00. The van der Waals surface area contributed by atoms with E-state index in [1.54, 1.807) is 6.92 Å². The topological polar surface area (TPSA) is 75.6 Å². The molecule has 2 heterocycles. The predicted octanol–water partition coefficient (Wildman–Crippen LogP) is -0.244. The molecule has 0 spiro atoms. The first-order valence-electron chi connectivity index (χ1n) is 4.70. The fourth-order valence-corrected chi connectivity index (χ4v) is 2.42. The standard InChI is InChI=1S/C9H13NO4/c1-2-14-7(13)8-3-9(4-8,6(11)12)10-5-8/h10H,2-5H2,1H3,(H,11,12). The number of carbonyl (C=O) groups excluding carboxylic acids is 1. The quantitative estimate of drug-likeness (QED) is 0.613. The lowest BCUT2D eigenvalue weighted by Gasteiger charge is -2.40. The molecule has 1 aliphatic carbocycles. The average Bonchev–Trinajstić information content (AvgIpc) is 2.58. The molecule has 3 fully saturated rings. The maximum absolute atomic E-state index is 11.5. The van der Waals surface area contributed by atoms with Gasteiger partial charge in [-0.25, -0.2) is 0 Å². The molecule has 0 radical (unpaired) electrons. The number of carboxylic acid groups (broad SMARTS) is 1. The van der Waals surface area contributed by atoms with Crippen molar-refractivity contribution in [1.82, 2.24) is 5.32 Å². The van der Waals surface area contributed by atoms with Gasteiger partial charge in [0.15, 0.2) is 0 Å². The lowest BCUT2D eigenvalue weighted by Crippen LogP contribution is -2.56. The minimum Gasteiger partial charge on any atom is -0.480 e. The van der Waals surface area contributed by atoms with Gasteiger partial charge in [-0.2, -0.15) is 0 Å². The van der Waals surface area contributed by atoms with E-state index >= 15 is 0 Å². The Morgan fingerprint density at radius 3 is 2.57 bits per heavy atom. The summed E-state index contributed by atoms with van der Waals surface area (Å²) in [6.45, 7) is 2.53. The van der Waals surface area contributed by atoms with E-state index in [1.165, 1.54) is 0 Å². The average molecular weight is 199 g/mol. The maximum atomic E-state index is 11.5. The van der Waals surface area contributed by atoms with Gasteiger partial charge in [-0.3, -0.25) is 9.59 Å². The van der Waals surface area contributed by atoms with E-state index in [-0.39, 0.29) is 5.97 Å². The summed E-state index contributed by atoms with van der Waals surface area (Å²) in [6, 6.07) is 0. The molecule has 2 N–H and O–H groups in total. The second-order valence-corrected chi connectivity index (χ2v) is 4.10. The van der Waals surface area contributed by atoms with Gasteiger partial charge in [-0.15, -0.1) is 0 Å². The van der Waals surface area contributed by atoms with Crippen molar-refractivity contribution < 1.29 is 19.4 Å². The van der Waals surface area contributed by atoms with Gasteiger partial charge in [0.25, 0.3) is 0 Å². The van der Waals surface area contributed by atoms with Gasteiger partial charge in [0, 0.05) is 6.54 Å². The Morgan fingerprint density at radius 2 is 2.14 bits per heavy atom. The van der Waals surface area contributed by atoms with Gasteiger partial charge in [0.05, 0.1) is 12.0 Å². The number of aliphatic carboxylic acids is 1. The van der Waals surface area contributed by atoms with Crippen LogP contribution >= 0.6 is 0 Å². The SMILES string of the molecule is CCOC(=O)C12CNC(C(=O)O)(C1)C2. The fourth-order valence-electron chi connectivity index (χ4n) is 2.42. The molecule has 0 aromatic rings. The number of esters is 1. The summed E-state index contributed by atoms with van der Waals surface area (Å²) >= 11 is 0. The van der Waals surface area contributed by atoms with E-state index in [0.717, 1.165) is 0 Å². The minimum absolute atomic E-state index is 0.262. The van der Waals surface area contributed by atoms with Crippen LogP contribution in [-0.2, 0) is 14.3 Å². The van der Waals surface area contributed by atoms with Crippen LogP contribution in [0.5, 0.6) is 0 Å². The van der Waals surface area contributed by atoms with Gasteiger partial charge in [-0.05, 0) is 19.8 Å². The van der Waals surface area contributed by atoms with Gasteiger partial charge >= 0.3 is 11.9 Å². The number of carboxylic acids is 1. The number of hydrogen-bond acceptors (Lipinski definition) is 4. The van der Waals surface area contributed by atoms with E-state index in [9.17, 15) is 9.59 Å². The highest BCUT2D eigenvalue weighted by atomic mass is 16.5. The number of fused-ring (bicyclic) bond motifs is 1. The van der Waals surface area contributed by atoms with Gasteiger partial charge in [0.1, 0.15) is 5.54 Å². The highest BCUT2D eigenvalue weighted by Gasteiger charge is 2.69. The van der Waals surface area contributed by atoms with Crippen LogP contribution < -0.4 is 5.32 Å². The lowest BCUT2D eigenvalue weighted by molar-refractivity contribution is -0.164. The predicted molar refractivity (Wildman–Crippen MR) is 46.7 cm³/mol. The summed E-state index contributed by atoms with van der Waals surface area (Å²) in [5.41, 5.74) is -1.42. The minimum atomic E-state index is -0.866. The molecule has 0 unspecified atom stereocenters. The fraction of sp³-hybridized carbons (Fsp3) is 0.778. The maximum Gasteiger partial charge on any atom is 0.323 e. The van der Waals surface area contributed by atoms with E-state index in [1.807, 2.05) is 0 Å². The first-order valence-corrected chi connectivity index (χ1v) is 4.70. The van der Waals surface area contributed by atoms with Crippen molar-refractivity contribution >= 4 is 11.9 Å². The van der Waals surface area contributed by atoms with Crippen LogP contribution in [0.25, 0.3) is 0 Å². The molecule has 3 aliphatic rings. The molecule has 0 atom stereocenters. The van der Waals surface area contributed by atoms with Crippen LogP contribution in [0.15, 0.2) is 0 Å². The van der Waals surface area contributed by atoms with Crippen LogP contribution in [0.3, 0.4) is 0 Å². The third-order valence-corrected chi connectivity index (χ3v) is 3.16. The molecule has 2 bridgehead atoms. The van der Waals surface area contributed by atoms with Crippen molar-refractivity contribution in [3.8, 4) is 0 Å². The highest BCUT2D eigenvalue weighted by Crippen LogP contribution is 2.54. The normalized spacial score (nSPS) is 38.9. The van der Waals surface area contributed by atoms with E-state index in [2.05, 4.69) is 5.32 Å². The molecule has 2 saturated heterocycles. The monoisotopic (exact) mass is 199 g/mol. The lowest BCUT2D eigenvalue weighted by atomic mass is 9.62. The molecule has 1 saturated carbocycles. The molecule has 2 aliphatic heterocycles. The molecule has 0 aromatic heterocycles. The number of nitrogens with one attached hydrogen (secondary N) is 1. The Hall–Kier alpha value is -1.10. The molecular formula is C9H13NO4. The van der Waals surface area contributed by atoms with Crippen molar-refractivity contribution in [2.24, 2.45) is 5.41 Å². The van der Waals surface area contributed by atoms with Crippen LogP contribution in [0.4, 0.5) is 0 Å². The molecule has 0 aromatic carbocycles. The second-order valence-electron chi connectivity index (χ2n) is 4.10. The summed E-state index contributed by atoms with van der Waals surface area (Å²) in [6.07, 6.45) is 0.738. The van der Waals surface area contributed by atoms with Crippen molar-refractivity contribution in [3.05, 3.63) is 0 Å². The van der Waals surface area contributed by atoms with Crippen molar-refractivity contribution in [2.75, 3.05) is 13.2 Å². The van der Waals surface area contributed by atoms with Crippen LogP contribution in [0.1, 0.15) is 19.8 Å². The summed E-state index contributed by atoms with van der Waals surface area (Å²) in [5.74, 6) is -1.13. The van der Waals surface area contributed by atoms with E-state index in [4.69, 9.17) is 9.84 Å². The van der Waals surface area contributed by atoms with E-state index < -0.39 is 16.9 Å². The zero-order valence-corrected chi connectivity index (χ0v) is 8.00. The Balaban J connectivity index is 2.07. The molecule has 14 heavy (non-hydrogen) atoms. The molecule has 78 valence electrons. The Morgan fingerprint density at radius 1 is 1.50 bits per heavy atom. The van der Waals surface area contributed by atoms with Crippen molar-refractivity contribution in [1.29, 1.82) is 0 Å². The third-order valence-electron chi connectivity index (χ3n) is 3.16. The summed E-state index contributed by atoms with van der Waals surface area (Å²) in [4.78, 5) is 22.4. The van der Waals surface area contributed by atoms with Crippen molar-refractivity contribution in [2.45, 2.75) is 25.3 Å². The van der Waals surface area contributed by atoms with E-state index in [0.29, 0.717) is 26.0 Å². The van der Waals surface area contributed by atoms with Crippen LogP contribution in [0.2, 0.25) is 0 Å². The van der Waals surface area contributed by atoms with Crippen LogP contribution in [0, 0.1) is 5.41 Å². The zero-order chi connectivity index (χ0) is 10.4. The first kappa shape index (κ1) is 9.45. The van der Waals surface area contributed by atoms with Crippen molar-refractivity contribution in [3.63, 3.8) is 0 Å². The first-order chi connectivity index (χ1) is 6.55. The van der Waals surface area contributed by atoms with Crippen LogP contribution in [-0.4, -0.2) is 35.7 Å². The van der Waals surface area contributed by atoms with Gasteiger partial charge < -0.3 is 15.2 Å². The van der Waals surface area contributed by atoms with Gasteiger partial charge in [0.2, 0.25) is 0 Å². The molecule has 3 rings (SSSR count). The number of carbonyl (C=O) groups is 2. The summed E-state index contributed by atoms with van der Waals surface area (Å²) in [5, 5.41) is 11.8. The number of ether oxygens (including phenoxy) is 1. The molecule has 5 nitrogen and oxygen atoms in total. The Kier molecular flexibility index (Phi) is 1.82. The molecule has 5 heteroatoms. The number of rotatable bonds is 3. The highest BCUT2D eigenvalue weighted by molar-refractivity contribution is 5.89. The summed E-state index contributed by atoms with van der Waals surface area (Å²) < 4.78 is 4.92. The smallest absolute Gasteiger partial charge is 0.323 e. The Labute approximate surface area is 81.4 Å². The second kappa shape index (κ2) is 2.70. The van der Waals surface area contributed by atoms with Gasteiger partial charge in [-0.1, -0.05) is 0 Å². The number of hydrogen-bond donors (Lipinski definition) is 2. The summed E-state index contributed by atoms with van der Waals surface area (Å²) in [7, 11) is 0. The largest absolute Gasteiger partial charge is 0.480 e. The Bertz CT molecular complexity index is 293. The third kappa shape index (κ3) is 0.987.